The zero-order valence-electron chi connectivity index (χ0n) is 14.2. The van der Waals surface area contributed by atoms with E-state index in [1.54, 1.807) is 0 Å². The molecule has 1 aromatic rings. The summed E-state index contributed by atoms with van der Waals surface area (Å²) in [5.74, 6) is 2.20. The first-order valence-electron chi connectivity index (χ1n) is 7.24. The zero-order valence-corrected chi connectivity index (χ0v) is 14.2. The molecule has 0 amide bonds. The molecule has 2 heteroatoms. The Kier molecular flexibility index (Phi) is 4.89. The largest absolute Gasteiger partial charge is 0.444 e. The number of ether oxygens (including phenoxy) is 1. The summed E-state index contributed by atoms with van der Waals surface area (Å²) >= 11 is 0. The van der Waals surface area contributed by atoms with E-state index < -0.39 is 6.10 Å². The monoisotopic (exact) mass is 286 g/mol. The first-order valence-corrected chi connectivity index (χ1v) is 7.24. The summed E-state index contributed by atoms with van der Waals surface area (Å²) in [4.78, 5) is 11.2. The van der Waals surface area contributed by atoms with Crippen LogP contribution in [0.4, 0.5) is 0 Å². The Bertz CT molecular complexity index is 530. The molecule has 0 fully saturated rings. The second kappa shape index (κ2) is 5.93. The molecule has 0 saturated heterocycles. The van der Waals surface area contributed by atoms with Gasteiger partial charge in [-0.25, -0.2) is 0 Å². The highest BCUT2D eigenvalue weighted by atomic mass is 16.5. The lowest BCUT2D eigenvalue weighted by Crippen LogP contribution is -2.18. The number of carbonyl (C=O) groups is 1. The molecule has 1 unspecified atom stereocenters. The molecule has 1 atom stereocenters. The van der Waals surface area contributed by atoms with E-state index in [-0.39, 0.29) is 16.8 Å². The van der Waals surface area contributed by atoms with Gasteiger partial charge in [-0.15, -0.1) is 6.42 Å². The fourth-order valence-electron chi connectivity index (χ4n) is 2.03. The minimum atomic E-state index is -0.633. The fourth-order valence-corrected chi connectivity index (χ4v) is 2.03. The Balaban J connectivity index is 3.45. The van der Waals surface area contributed by atoms with Gasteiger partial charge < -0.3 is 4.74 Å². The second-order valence-corrected chi connectivity index (χ2v) is 7.50. The highest BCUT2D eigenvalue weighted by molar-refractivity contribution is 5.66. The van der Waals surface area contributed by atoms with Crippen molar-refractivity contribution in [3.8, 4) is 12.3 Å². The molecule has 0 bridgehead atoms. The van der Waals surface area contributed by atoms with Crippen LogP contribution >= 0.6 is 0 Å². The van der Waals surface area contributed by atoms with Crippen LogP contribution < -0.4 is 0 Å². The molecule has 0 N–H and O–H groups in total. The minimum absolute atomic E-state index is 0.00534. The molecule has 1 rings (SSSR count). The molecule has 0 aromatic heterocycles. The quantitative estimate of drug-likeness (QED) is 0.590. The van der Waals surface area contributed by atoms with Gasteiger partial charge in [-0.1, -0.05) is 65.7 Å². The van der Waals surface area contributed by atoms with Gasteiger partial charge in [-0.2, -0.15) is 0 Å². The van der Waals surface area contributed by atoms with Crippen LogP contribution in [0.15, 0.2) is 18.2 Å². The molecular formula is C19H26O2. The first kappa shape index (κ1) is 17.3. The summed E-state index contributed by atoms with van der Waals surface area (Å²) in [7, 11) is 0. The molecule has 2 nitrogen and oxygen atoms in total. The van der Waals surface area contributed by atoms with Gasteiger partial charge in [0, 0.05) is 12.5 Å². The first-order chi connectivity index (χ1) is 9.45. The lowest BCUT2D eigenvalue weighted by Gasteiger charge is -2.27. The van der Waals surface area contributed by atoms with E-state index >= 15 is 0 Å². The van der Waals surface area contributed by atoms with Crippen LogP contribution in [-0.4, -0.2) is 5.97 Å². The molecule has 1 aromatic carbocycles. The predicted octanol–water partition coefficient (Wildman–Crippen LogP) is 4.52. The standard InChI is InChI=1S/C19H26O2/c1-9-17(21-13(2)20)14-10-15(18(3,4)5)12-16(11-14)19(6,7)8/h1,10-12,17H,2-8H3. The number of carbonyl (C=O) groups excluding carboxylic acids is 1. The topological polar surface area (TPSA) is 26.3 Å². The SMILES string of the molecule is C#CC(OC(C)=O)c1cc(C(C)(C)C)cc(C(C)(C)C)c1. The van der Waals surface area contributed by atoms with E-state index in [0.717, 1.165) is 5.56 Å². The number of hydrogen-bond acceptors (Lipinski definition) is 2. The van der Waals surface area contributed by atoms with Crippen LogP contribution in [0, 0.1) is 12.3 Å². The number of esters is 1. The average molecular weight is 286 g/mol. The van der Waals surface area contributed by atoms with Crippen molar-refractivity contribution in [2.24, 2.45) is 0 Å². The molecule has 0 radical (unpaired) electrons. The summed E-state index contributed by atoms with van der Waals surface area (Å²) in [6, 6.07) is 6.30. The molecule has 0 aliphatic carbocycles. The smallest absolute Gasteiger partial charge is 0.304 e. The highest BCUT2D eigenvalue weighted by Crippen LogP contribution is 2.32. The Morgan fingerprint density at radius 2 is 1.48 bits per heavy atom. The van der Waals surface area contributed by atoms with Gasteiger partial charge >= 0.3 is 5.97 Å². The van der Waals surface area contributed by atoms with E-state index in [1.165, 1.54) is 18.1 Å². The molecule has 0 aliphatic heterocycles. The normalized spacial score (nSPS) is 13.4. The van der Waals surface area contributed by atoms with Crippen molar-refractivity contribution in [3.63, 3.8) is 0 Å². The lowest BCUT2D eigenvalue weighted by molar-refractivity contribution is -0.144. The number of rotatable bonds is 2. The summed E-state index contributed by atoms with van der Waals surface area (Å²) in [5.41, 5.74) is 3.26. The summed E-state index contributed by atoms with van der Waals surface area (Å²) in [6.45, 7) is 14.3. The molecule has 0 saturated carbocycles. The number of terminal acetylenes is 1. The zero-order chi connectivity index (χ0) is 16.4. The van der Waals surface area contributed by atoms with E-state index in [0.29, 0.717) is 0 Å². The third-order valence-electron chi connectivity index (χ3n) is 3.43. The van der Waals surface area contributed by atoms with Gasteiger partial charge in [0.05, 0.1) is 0 Å². The van der Waals surface area contributed by atoms with Crippen LogP contribution in [0.5, 0.6) is 0 Å². The van der Waals surface area contributed by atoms with E-state index in [4.69, 9.17) is 11.2 Å². The van der Waals surface area contributed by atoms with Gasteiger partial charge in [-0.3, -0.25) is 4.79 Å². The van der Waals surface area contributed by atoms with Gasteiger partial charge in [0.1, 0.15) is 0 Å². The highest BCUT2D eigenvalue weighted by Gasteiger charge is 2.23. The number of hydrogen-bond donors (Lipinski definition) is 0. The molecule has 0 heterocycles. The summed E-state index contributed by atoms with van der Waals surface area (Å²) in [6.07, 6.45) is 4.91. The van der Waals surface area contributed by atoms with Gasteiger partial charge in [0.2, 0.25) is 0 Å². The third-order valence-corrected chi connectivity index (χ3v) is 3.43. The maximum atomic E-state index is 11.2. The molecule has 0 aliphatic rings. The molecule has 114 valence electrons. The van der Waals surface area contributed by atoms with Crippen molar-refractivity contribution >= 4 is 5.97 Å². The van der Waals surface area contributed by atoms with Crippen molar-refractivity contribution in [2.75, 3.05) is 0 Å². The lowest BCUT2D eigenvalue weighted by atomic mass is 9.79. The Labute approximate surface area is 128 Å². The van der Waals surface area contributed by atoms with Gasteiger partial charge in [0.25, 0.3) is 0 Å². The van der Waals surface area contributed by atoms with Crippen molar-refractivity contribution in [3.05, 3.63) is 34.9 Å². The average Bonchev–Trinajstić information content (AvgIpc) is 2.33. The van der Waals surface area contributed by atoms with Crippen LogP contribution in [0.2, 0.25) is 0 Å². The minimum Gasteiger partial charge on any atom is -0.444 e. The van der Waals surface area contributed by atoms with Crippen LogP contribution in [-0.2, 0) is 20.4 Å². The molecule has 21 heavy (non-hydrogen) atoms. The van der Waals surface area contributed by atoms with E-state index in [9.17, 15) is 4.79 Å². The third kappa shape index (κ3) is 4.63. The van der Waals surface area contributed by atoms with Crippen LogP contribution in [0.1, 0.15) is 71.3 Å². The Morgan fingerprint density at radius 3 is 1.76 bits per heavy atom. The summed E-state index contributed by atoms with van der Waals surface area (Å²) in [5, 5.41) is 0. The van der Waals surface area contributed by atoms with Crippen molar-refractivity contribution in [1.82, 2.24) is 0 Å². The van der Waals surface area contributed by atoms with E-state index in [2.05, 4.69) is 53.5 Å². The Hall–Kier alpha value is -1.75. The molecule has 0 spiro atoms. The van der Waals surface area contributed by atoms with Crippen LogP contribution in [0.3, 0.4) is 0 Å². The molecular weight excluding hydrogens is 260 g/mol. The Morgan fingerprint density at radius 1 is 1.05 bits per heavy atom. The maximum absolute atomic E-state index is 11.2. The predicted molar refractivity (Wildman–Crippen MR) is 87.2 cm³/mol. The number of benzene rings is 1. The van der Waals surface area contributed by atoms with Crippen molar-refractivity contribution < 1.29 is 9.53 Å². The summed E-state index contributed by atoms with van der Waals surface area (Å²) < 4.78 is 5.25. The van der Waals surface area contributed by atoms with Gasteiger partial charge in [0.15, 0.2) is 6.10 Å². The van der Waals surface area contributed by atoms with E-state index in [1.807, 2.05) is 12.1 Å². The maximum Gasteiger partial charge on any atom is 0.304 e. The van der Waals surface area contributed by atoms with Gasteiger partial charge in [-0.05, 0) is 22.0 Å². The second-order valence-electron chi connectivity index (χ2n) is 7.50. The van der Waals surface area contributed by atoms with Crippen LogP contribution in [0.25, 0.3) is 0 Å². The fraction of sp³-hybridized carbons (Fsp3) is 0.526. The van der Waals surface area contributed by atoms with Crippen molar-refractivity contribution in [1.29, 1.82) is 0 Å². The van der Waals surface area contributed by atoms with Crippen molar-refractivity contribution in [2.45, 2.75) is 65.4 Å².